The molecule has 6 heteroatoms. The van der Waals surface area contributed by atoms with E-state index in [9.17, 15) is 9.18 Å². The lowest BCUT2D eigenvalue weighted by Gasteiger charge is -2.34. The highest BCUT2D eigenvalue weighted by Gasteiger charge is 2.27. The maximum Gasteiger partial charge on any atom is 0.234 e. The van der Waals surface area contributed by atoms with Crippen LogP contribution in [0.4, 0.5) is 4.39 Å². The fourth-order valence-corrected chi connectivity index (χ4v) is 2.83. The first kappa shape index (κ1) is 14.9. The number of nitrogens with zero attached hydrogens (tertiary/aromatic N) is 1. The van der Waals surface area contributed by atoms with Gasteiger partial charge in [-0.05, 0) is 37.1 Å². The van der Waals surface area contributed by atoms with Gasteiger partial charge in [-0.25, -0.2) is 4.39 Å². The molecule has 2 rings (SSSR count). The molecule has 0 aliphatic carbocycles. The predicted molar refractivity (Wildman–Crippen MR) is 79.5 cm³/mol. The van der Waals surface area contributed by atoms with Crippen molar-refractivity contribution in [1.82, 2.24) is 4.90 Å². The van der Waals surface area contributed by atoms with Gasteiger partial charge >= 0.3 is 0 Å². The second-order valence-electron chi connectivity index (χ2n) is 5.05. The number of rotatable bonds is 4. The quantitative estimate of drug-likeness (QED) is 0.821. The van der Waals surface area contributed by atoms with E-state index < -0.39 is 0 Å². The maximum absolute atomic E-state index is 13.3. The highest BCUT2D eigenvalue weighted by molar-refractivity contribution is 7.80. The number of primary amides is 1. The van der Waals surface area contributed by atoms with Crippen LogP contribution < -0.4 is 11.5 Å². The Labute approximate surface area is 122 Å². The third-order valence-corrected chi connectivity index (χ3v) is 3.87. The monoisotopic (exact) mass is 295 g/mol. The van der Waals surface area contributed by atoms with E-state index in [0.717, 1.165) is 31.4 Å². The number of nitrogens with two attached hydrogens (primary N) is 2. The zero-order valence-electron chi connectivity index (χ0n) is 11.1. The lowest BCUT2D eigenvalue weighted by molar-refractivity contribution is -0.124. The Kier molecular flexibility index (Phi) is 4.67. The van der Waals surface area contributed by atoms with E-state index in [2.05, 4.69) is 0 Å². The van der Waals surface area contributed by atoms with Crippen molar-refractivity contribution in [3.63, 3.8) is 0 Å². The van der Waals surface area contributed by atoms with Crippen LogP contribution in [0.3, 0.4) is 0 Å². The molecule has 0 radical (unpaired) electrons. The number of thiocarbonyl (C=S) groups is 1. The third-order valence-electron chi connectivity index (χ3n) is 3.65. The number of amides is 1. The molecule has 4 N–H and O–H groups in total. The Morgan fingerprint density at radius 2 is 2.15 bits per heavy atom. The minimum atomic E-state index is -0.373. The number of carbonyl (C=O) groups excluding carboxylic acids is 1. The molecule has 1 saturated heterocycles. The first-order chi connectivity index (χ1) is 9.49. The molecular weight excluding hydrogens is 277 g/mol. The van der Waals surface area contributed by atoms with Crippen molar-refractivity contribution in [2.75, 3.05) is 6.54 Å². The molecule has 0 spiro atoms. The first-order valence-electron chi connectivity index (χ1n) is 6.60. The molecule has 4 nitrogen and oxygen atoms in total. The highest BCUT2D eigenvalue weighted by Crippen LogP contribution is 2.21. The zero-order chi connectivity index (χ0) is 14.7. The first-order valence-corrected chi connectivity index (χ1v) is 7.01. The number of piperidine rings is 1. The number of carbonyl (C=O) groups is 1. The SMILES string of the molecule is NC(=O)C1CCCCN1Cc1ccc(F)cc1C(N)=S. The number of benzene rings is 1. The summed E-state index contributed by atoms with van der Waals surface area (Å²) in [5, 5.41) is 0. The van der Waals surface area contributed by atoms with Crippen LogP contribution >= 0.6 is 12.2 Å². The summed E-state index contributed by atoms with van der Waals surface area (Å²) in [4.78, 5) is 13.7. The summed E-state index contributed by atoms with van der Waals surface area (Å²) in [7, 11) is 0. The second kappa shape index (κ2) is 6.28. The van der Waals surface area contributed by atoms with Crippen molar-refractivity contribution in [3.8, 4) is 0 Å². The molecule has 1 aliphatic heterocycles. The number of hydrogen-bond donors (Lipinski definition) is 2. The van der Waals surface area contributed by atoms with Crippen LogP contribution in [0.5, 0.6) is 0 Å². The van der Waals surface area contributed by atoms with E-state index in [0.29, 0.717) is 12.1 Å². The van der Waals surface area contributed by atoms with Gasteiger partial charge in [0, 0.05) is 12.1 Å². The third kappa shape index (κ3) is 3.32. The summed E-state index contributed by atoms with van der Waals surface area (Å²) in [5.74, 6) is -0.690. The van der Waals surface area contributed by atoms with Gasteiger partial charge in [-0.1, -0.05) is 24.7 Å². The topological polar surface area (TPSA) is 72.4 Å². The molecular formula is C14H18FN3OS. The Hall–Kier alpha value is -1.53. The Morgan fingerprint density at radius 1 is 1.40 bits per heavy atom. The lowest BCUT2D eigenvalue weighted by Crippen LogP contribution is -2.47. The van der Waals surface area contributed by atoms with E-state index in [1.165, 1.54) is 12.1 Å². The summed E-state index contributed by atoms with van der Waals surface area (Å²) in [6, 6.07) is 4.10. The van der Waals surface area contributed by atoms with Gasteiger partial charge in [0.1, 0.15) is 10.8 Å². The number of likely N-dealkylation sites (tertiary alicyclic amines) is 1. The van der Waals surface area contributed by atoms with E-state index in [4.69, 9.17) is 23.7 Å². The summed E-state index contributed by atoms with van der Waals surface area (Å²) in [5.41, 5.74) is 12.4. The van der Waals surface area contributed by atoms with Gasteiger partial charge in [0.05, 0.1) is 6.04 Å². The van der Waals surface area contributed by atoms with Crippen molar-refractivity contribution in [2.24, 2.45) is 11.5 Å². The summed E-state index contributed by atoms with van der Waals surface area (Å²) >= 11 is 4.96. The molecule has 1 heterocycles. The van der Waals surface area contributed by atoms with Gasteiger partial charge in [-0.3, -0.25) is 9.69 Å². The summed E-state index contributed by atoms with van der Waals surface area (Å²) in [6.45, 7) is 1.29. The molecule has 20 heavy (non-hydrogen) atoms. The maximum atomic E-state index is 13.3. The van der Waals surface area contributed by atoms with Crippen LogP contribution in [0.15, 0.2) is 18.2 Å². The van der Waals surface area contributed by atoms with Gasteiger partial charge < -0.3 is 11.5 Å². The average molecular weight is 295 g/mol. The van der Waals surface area contributed by atoms with Crippen LogP contribution in [0.25, 0.3) is 0 Å². The molecule has 1 fully saturated rings. The van der Waals surface area contributed by atoms with Crippen molar-refractivity contribution in [1.29, 1.82) is 0 Å². The number of hydrogen-bond acceptors (Lipinski definition) is 3. The van der Waals surface area contributed by atoms with Gasteiger partial charge in [0.15, 0.2) is 0 Å². The van der Waals surface area contributed by atoms with Crippen molar-refractivity contribution >= 4 is 23.1 Å². The molecule has 1 amide bonds. The van der Waals surface area contributed by atoms with Crippen molar-refractivity contribution in [3.05, 3.63) is 35.1 Å². The van der Waals surface area contributed by atoms with Crippen molar-refractivity contribution in [2.45, 2.75) is 31.8 Å². The fraction of sp³-hybridized carbons (Fsp3) is 0.429. The largest absolute Gasteiger partial charge is 0.389 e. The summed E-state index contributed by atoms with van der Waals surface area (Å²) in [6.07, 6.45) is 2.78. The van der Waals surface area contributed by atoms with Gasteiger partial charge in [-0.2, -0.15) is 0 Å². The van der Waals surface area contributed by atoms with E-state index >= 15 is 0 Å². The van der Waals surface area contributed by atoms with Crippen LogP contribution in [-0.4, -0.2) is 28.4 Å². The van der Waals surface area contributed by atoms with E-state index in [1.807, 2.05) is 4.90 Å². The Bertz CT molecular complexity index is 535. The van der Waals surface area contributed by atoms with Crippen LogP contribution in [0.1, 0.15) is 30.4 Å². The predicted octanol–water partition coefficient (Wildman–Crippen LogP) is 1.30. The number of halogens is 1. The molecule has 108 valence electrons. The molecule has 0 aromatic heterocycles. The molecule has 1 aliphatic rings. The van der Waals surface area contributed by atoms with E-state index in [1.54, 1.807) is 6.07 Å². The second-order valence-corrected chi connectivity index (χ2v) is 5.49. The normalized spacial score (nSPS) is 19.8. The summed E-state index contributed by atoms with van der Waals surface area (Å²) < 4.78 is 13.3. The molecule has 0 saturated carbocycles. The molecule has 1 aromatic carbocycles. The molecule has 1 unspecified atom stereocenters. The molecule has 1 aromatic rings. The minimum absolute atomic E-state index is 0.159. The van der Waals surface area contributed by atoms with Gasteiger partial charge in [0.2, 0.25) is 5.91 Å². The van der Waals surface area contributed by atoms with Gasteiger partial charge in [-0.15, -0.1) is 0 Å². The van der Waals surface area contributed by atoms with Crippen LogP contribution in [0.2, 0.25) is 0 Å². The Morgan fingerprint density at radius 3 is 2.80 bits per heavy atom. The van der Waals surface area contributed by atoms with E-state index in [-0.39, 0.29) is 22.8 Å². The minimum Gasteiger partial charge on any atom is -0.389 e. The highest BCUT2D eigenvalue weighted by atomic mass is 32.1. The van der Waals surface area contributed by atoms with Crippen LogP contribution in [0, 0.1) is 5.82 Å². The Balaban J connectivity index is 2.24. The van der Waals surface area contributed by atoms with Crippen molar-refractivity contribution < 1.29 is 9.18 Å². The fourth-order valence-electron chi connectivity index (χ4n) is 2.64. The molecule has 1 atom stereocenters. The smallest absolute Gasteiger partial charge is 0.234 e. The average Bonchev–Trinajstić information content (AvgIpc) is 2.41. The standard InChI is InChI=1S/C14H18FN3OS/c15-10-5-4-9(11(7-10)14(17)20)8-18-6-2-1-3-12(18)13(16)19/h4-5,7,12H,1-3,6,8H2,(H2,16,19)(H2,17,20). The molecule has 0 bridgehead atoms. The van der Waals surface area contributed by atoms with Gasteiger partial charge in [0.25, 0.3) is 0 Å². The lowest BCUT2D eigenvalue weighted by atomic mass is 9.99. The van der Waals surface area contributed by atoms with Crippen LogP contribution in [-0.2, 0) is 11.3 Å². The zero-order valence-corrected chi connectivity index (χ0v) is 12.0.